The Balaban J connectivity index is 2.08. The van der Waals surface area contributed by atoms with Gasteiger partial charge in [0, 0.05) is 16.6 Å². The molecule has 0 fully saturated rings. The molecule has 0 aliphatic carbocycles. The lowest BCUT2D eigenvalue weighted by Crippen LogP contribution is -2.14. The Kier molecular flexibility index (Phi) is 4.64. The topological polar surface area (TPSA) is 72.2 Å². The minimum atomic E-state index is -0.516. The Morgan fingerprint density at radius 1 is 1.29 bits per heavy atom. The number of benzene rings is 2. The van der Waals surface area contributed by atoms with Gasteiger partial charge >= 0.3 is 0 Å². The summed E-state index contributed by atoms with van der Waals surface area (Å²) in [6.07, 6.45) is -0.00844. The molecule has 2 aromatic rings. The number of anilines is 1. The largest absolute Gasteiger partial charge is 0.325 e. The van der Waals surface area contributed by atoms with E-state index < -0.39 is 10.7 Å². The molecule has 0 unspecified atom stereocenters. The lowest BCUT2D eigenvalue weighted by atomic mass is 10.1. The van der Waals surface area contributed by atoms with Crippen LogP contribution in [0.5, 0.6) is 0 Å². The molecule has 0 aromatic heterocycles. The van der Waals surface area contributed by atoms with Gasteiger partial charge in [-0.1, -0.05) is 12.1 Å². The molecule has 0 saturated heterocycles. The molecular weight excluding hydrogens is 343 g/mol. The van der Waals surface area contributed by atoms with Crippen LogP contribution in [-0.2, 0) is 11.2 Å². The third-order valence-electron chi connectivity index (χ3n) is 2.69. The zero-order valence-corrected chi connectivity index (χ0v) is 12.3. The fourth-order valence-corrected chi connectivity index (χ4v) is 2.20. The molecule has 0 spiro atoms. The molecule has 2 aromatic carbocycles. The van der Waals surface area contributed by atoms with Crippen LogP contribution in [0.1, 0.15) is 5.56 Å². The van der Waals surface area contributed by atoms with Gasteiger partial charge in [0.2, 0.25) is 5.91 Å². The summed E-state index contributed by atoms with van der Waals surface area (Å²) >= 11 is 3.15. The predicted molar refractivity (Wildman–Crippen MR) is 79.5 cm³/mol. The second kappa shape index (κ2) is 6.45. The van der Waals surface area contributed by atoms with Crippen LogP contribution in [0.3, 0.4) is 0 Å². The Bertz CT molecular complexity index is 706. The monoisotopic (exact) mass is 352 g/mol. The van der Waals surface area contributed by atoms with Gasteiger partial charge in [-0.3, -0.25) is 14.9 Å². The van der Waals surface area contributed by atoms with Gasteiger partial charge in [0.05, 0.1) is 17.0 Å². The van der Waals surface area contributed by atoms with Gasteiger partial charge in [0.15, 0.2) is 0 Å². The molecule has 2 rings (SSSR count). The maximum absolute atomic E-state index is 12.9. The van der Waals surface area contributed by atoms with Crippen LogP contribution in [0.15, 0.2) is 46.9 Å². The molecule has 0 aliphatic rings. The molecule has 0 saturated carbocycles. The first-order valence-electron chi connectivity index (χ1n) is 5.94. The average molecular weight is 353 g/mol. The van der Waals surface area contributed by atoms with Gasteiger partial charge in [0.1, 0.15) is 5.82 Å². The number of hydrogen-bond acceptors (Lipinski definition) is 3. The smallest absolute Gasteiger partial charge is 0.269 e. The fraction of sp³-hybridized carbons (Fsp3) is 0.0714. The first-order chi connectivity index (χ1) is 9.95. The minimum absolute atomic E-state index is 0.00844. The summed E-state index contributed by atoms with van der Waals surface area (Å²) in [5.74, 6) is -0.763. The normalized spacial score (nSPS) is 10.2. The van der Waals surface area contributed by atoms with Crippen molar-refractivity contribution in [1.29, 1.82) is 0 Å². The predicted octanol–water partition coefficient (Wildman–Crippen LogP) is 3.68. The summed E-state index contributed by atoms with van der Waals surface area (Å²) in [7, 11) is 0. The van der Waals surface area contributed by atoms with Gasteiger partial charge in [-0.25, -0.2) is 4.39 Å². The Labute approximate surface area is 128 Å². The van der Waals surface area contributed by atoms with Crippen LogP contribution in [0.2, 0.25) is 0 Å². The molecule has 5 nitrogen and oxygen atoms in total. The summed E-state index contributed by atoms with van der Waals surface area (Å²) in [6.45, 7) is 0. The van der Waals surface area contributed by atoms with Crippen LogP contribution >= 0.6 is 15.9 Å². The van der Waals surface area contributed by atoms with Crippen molar-refractivity contribution in [2.24, 2.45) is 0 Å². The highest BCUT2D eigenvalue weighted by Gasteiger charge is 2.10. The molecular formula is C14H10BrFN2O3. The highest BCUT2D eigenvalue weighted by Crippen LogP contribution is 2.23. The van der Waals surface area contributed by atoms with Crippen molar-refractivity contribution in [2.75, 3.05) is 5.32 Å². The minimum Gasteiger partial charge on any atom is -0.325 e. The zero-order valence-electron chi connectivity index (χ0n) is 10.7. The van der Waals surface area contributed by atoms with Crippen LogP contribution in [0, 0.1) is 15.9 Å². The van der Waals surface area contributed by atoms with E-state index in [1.54, 1.807) is 6.07 Å². The standard InChI is InChI=1S/C14H10BrFN2O3/c15-12-8-10(16)4-5-13(12)17-14(19)7-9-2-1-3-11(6-9)18(20)21/h1-6,8H,7H2,(H,17,19). The van der Waals surface area contributed by atoms with Crippen molar-refractivity contribution in [1.82, 2.24) is 0 Å². The van der Waals surface area contributed by atoms with E-state index >= 15 is 0 Å². The molecule has 108 valence electrons. The summed E-state index contributed by atoms with van der Waals surface area (Å²) in [4.78, 5) is 22.1. The number of nitrogens with one attached hydrogen (secondary N) is 1. The number of nitrogens with zero attached hydrogens (tertiary/aromatic N) is 1. The molecule has 1 amide bonds. The second-order valence-corrected chi connectivity index (χ2v) is 5.13. The third kappa shape index (κ3) is 4.09. The highest BCUT2D eigenvalue weighted by atomic mass is 79.9. The van der Waals surface area contributed by atoms with Crippen molar-refractivity contribution in [3.63, 3.8) is 0 Å². The summed E-state index contributed by atoms with van der Waals surface area (Å²) in [5, 5.41) is 13.3. The number of hydrogen-bond donors (Lipinski definition) is 1. The number of carbonyl (C=O) groups is 1. The number of rotatable bonds is 4. The molecule has 0 atom stereocenters. The van der Waals surface area contributed by atoms with Crippen molar-refractivity contribution in [2.45, 2.75) is 6.42 Å². The number of non-ortho nitro benzene ring substituents is 1. The maximum Gasteiger partial charge on any atom is 0.269 e. The molecule has 0 aliphatic heterocycles. The van der Waals surface area contributed by atoms with Gasteiger partial charge < -0.3 is 5.32 Å². The third-order valence-corrected chi connectivity index (χ3v) is 3.35. The molecule has 0 radical (unpaired) electrons. The van der Waals surface area contributed by atoms with Gasteiger partial charge in [-0.05, 0) is 39.7 Å². The molecule has 0 heterocycles. The Morgan fingerprint density at radius 2 is 2.05 bits per heavy atom. The van der Waals surface area contributed by atoms with Crippen LogP contribution in [-0.4, -0.2) is 10.8 Å². The van der Waals surface area contributed by atoms with E-state index in [4.69, 9.17) is 0 Å². The number of carbonyl (C=O) groups excluding carboxylic acids is 1. The van der Waals surface area contributed by atoms with Gasteiger partial charge in [0.25, 0.3) is 5.69 Å². The van der Waals surface area contributed by atoms with Crippen molar-refractivity contribution in [3.05, 3.63) is 68.4 Å². The second-order valence-electron chi connectivity index (χ2n) is 4.28. The van der Waals surface area contributed by atoms with Crippen molar-refractivity contribution in [3.8, 4) is 0 Å². The fourth-order valence-electron chi connectivity index (χ4n) is 1.75. The number of halogens is 2. The molecule has 7 heteroatoms. The highest BCUT2D eigenvalue weighted by molar-refractivity contribution is 9.10. The van der Waals surface area contributed by atoms with Crippen LogP contribution in [0.25, 0.3) is 0 Å². The quantitative estimate of drug-likeness (QED) is 0.673. The Hall–Kier alpha value is -2.28. The summed E-state index contributed by atoms with van der Waals surface area (Å²) < 4.78 is 13.4. The van der Waals surface area contributed by atoms with E-state index in [-0.39, 0.29) is 18.0 Å². The van der Waals surface area contributed by atoms with E-state index in [0.717, 1.165) is 0 Å². The SMILES string of the molecule is O=C(Cc1cccc([N+](=O)[O-])c1)Nc1ccc(F)cc1Br. The zero-order chi connectivity index (χ0) is 15.4. The average Bonchev–Trinajstić information content (AvgIpc) is 2.42. The summed E-state index contributed by atoms with van der Waals surface area (Å²) in [6, 6.07) is 9.76. The van der Waals surface area contributed by atoms with E-state index in [2.05, 4.69) is 21.2 Å². The molecule has 1 N–H and O–H groups in total. The van der Waals surface area contributed by atoms with E-state index in [0.29, 0.717) is 15.7 Å². The first kappa shape index (κ1) is 15.1. The lowest BCUT2D eigenvalue weighted by molar-refractivity contribution is -0.384. The van der Waals surface area contributed by atoms with Crippen LogP contribution in [0.4, 0.5) is 15.8 Å². The van der Waals surface area contributed by atoms with Crippen molar-refractivity contribution >= 4 is 33.2 Å². The number of amides is 1. The molecule has 0 bridgehead atoms. The summed E-state index contributed by atoms with van der Waals surface area (Å²) in [5.41, 5.74) is 0.898. The van der Waals surface area contributed by atoms with E-state index in [9.17, 15) is 19.3 Å². The van der Waals surface area contributed by atoms with E-state index in [1.807, 2.05) is 0 Å². The first-order valence-corrected chi connectivity index (χ1v) is 6.73. The molecule has 21 heavy (non-hydrogen) atoms. The number of nitro groups is 1. The number of nitro benzene ring substituents is 1. The lowest BCUT2D eigenvalue weighted by Gasteiger charge is -2.07. The van der Waals surface area contributed by atoms with Crippen LogP contribution < -0.4 is 5.32 Å². The van der Waals surface area contributed by atoms with Gasteiger partial charge in [-0.2, -0.15) is 0 Å². The Morgan fingerprint density at radius 3 is 2.71 bits per heavy atom. The van der Waals surface area contributed by atoms with Gasteiger partial charge in [-0.15, -0.1) is 0 Å². The van der Waals surface area contributed by atoms with E-state index in [1.165, 1.54) is 36.4 Å². The maximum atomic E-state index is 12.9. The van der Waals surface area contributed by atoms with Crippen molar-refractivity contribution < 1.29 is 14.1 Å².